The summed E-state index contributed by atoms with van der Waals surface area (Å²) in [6, 6.07) is 15.6. The summed E-state index contributed by atoms with van der Waals surface area (Å²) in [4.78, 5) is 27.8. The van der Waals surface area contributed by atoms with Crippen molar-refractivity contribution in [2.24, 2.45) is 0 Å². The molecule has 3 unspecified atom stereocenters. The van der Waals surface area contributed by atoms with Crippen molar-refractivity contribution < 1.29 is 14.3 Å². The van der Waals surface area contributed by atoms with Gasteiger partial charge >= 0.3 is 0 Å². The van der Waals surface area contributed by atoms with Gasteiger partial charge in [-0.25, -0.2) is 0 Å². The lowest BCUT2D eigenvalue weighted by atomic mass is 9.95. The van der Waals surface area contributed by atoms with Crippen molar-refractivity contribution in [1.29, 1.82) is 0 Å². The molecule has 0 radical (unpaired) electrons. The number of rotatable bonds is 7. The molecule has 2 aromatic carbocycles. The molecule has 1 aliphatic heterocycles. The van der Waals surface area contributed by atoms with Gasteiger partial charge in [0.05, 0.1) is 5.92 Å². The van der Waals surface area contributed by atoms with Crippen LogP contribution in [0.15, 0.2) is 48.5 Å². The topological polar surface area (TPSA) is 58.6 Å². The van der Waals surface area contributed by atoms with Gasteiger partial charge in [0.2, 0.25) is 5.91 Å². The van der Waals surface area contributed by atoms with Crippen LogP contribution in [0.3, 0.4) is 0 Å². The second-order valence-corrected chi connectivity index (χ2v) is 7.92. The number of benzene rings is 2. The highest BCUT2D eigenvalue weighted by Gasteiger charge is 2.32. The number of ether oxygens (including phenoxy) is 1. The molecule has 0 aliphatic carbocycles. The largest absolute Gasteiger partial charge is 0.480 e. The maximum Gasteiger partial charge on any atom is 0.264 e. The molecule has 160 valence electrons. The molecule has 2 aromatic rings. The van der Waals surface area contributed by atoms with Crippen molar-refractivity contribution in [3.05, 3.63) is 59.7 Å². The number of fused-ring (bicyclic) bond motifs is 1. The van der Waals surface area contributed by atoms with Crippen molar-refractivity contribution in [3.63, 3.8) is 0 Å². The number of amides is 2. The second kappa shape index (κ2) is 9.79. The summed E-state index contributed by atoms with van der Waals surface area (Å²) in [7, 11) is 0. The van der Waals surface area contributed by atoms with E-state index in [1.165, 1.54) is 0 Å². The van der Waals surface area contributed by atoms with Crippen LogP contribution in [-0.4, -0.2) is 28.9 Å². The molecular formula is C25H32N2O3. The van der Waals surface area contributed by atoms with Crippen LogP contribution in [0, 0.1) is 0 Å². The lowest BCUT2D eigenvalue weighted by Gasteiger charge is -2.28. The summed E-state index contributed by atoms with van der Waals surface area (Å²) in [5.74, 6) is 0.515. The lowest BCUT2D eigenvalue weighted by molar-refractivity contribution is -0.140. The Morgan fingerprint density at radius 3 is 2.50 bits per heavy atom. The highest BCUT2D eigenvalue weighted by molar-refractivity contribution is 5.96. The second-order valence-electron chi connectivity index (χ2n) is 7.92. The minimum atomic E-state index is -0.469. The molecule has 0 saturated carbocycles. The summed E-state index contributed by atoms with van der Waals surface area (Å²) in [5.41, 5.74) is 2.66. The van der Waals surface area contributed by atoms with E-state index in [1.807, 2.05) is 67.3 Å². The zero-order chi connectivity index (χ0) is 21.7. The molecule has 5 heteroatoms. The van der Waals surface area contributed by atoms with Crippen LogP contribution >= 0.6 is 0 Å². The quantitative estimate of drug-likeness (QED) is 0.692. The monoisotopic (exact) mass is 408 g/mol. The fourth-order valence-electron chi connectivity index (χ4n) is 3.88. The van der Waals surface area contributed by atoms with E-state index in [9.17, 15) is 9.59 Å². The highest BCUT2D eigenvalue weighted by Crippen LogP contribution is 2.31. The van der Waals surface area contributed by atoms with Crippen LogP contribution < -0.4 is 10.1 Å². The van der Waals surface area contributed by atoms with Crippen molar-refractivity contribution in [1.82, 2.24) is 4.90 Å². The van der Waals surface area contributed by atoms with Gasteiger partial charge in [-0.1, -0.05) is 51.1 Å². The Morgan fingerprint density at radius 2 is 1.87 bits per heavy atom. The van der Waals surface area contributed by atoms with E-state index >= 15 is 0 Å². The van der Waals surface area contributed by atoms with E-state index in [0.717, 1.165) is 29.7 Å². The zero-order valence-corrected chi connectivity index (χ0v) is 18.4. The van der Waals surface area contributed by atoms with Gasteiger partial charge < -0.3 is 15.0 Å². The number of carbonyl (C=O) groups is 2. The van der Waals surface area contributed by atoms with E-state index in [0.29, 0.717) is 18.7 Å². The van der Waals surface area contributed by atoms with Crippen LogP contribution in [-0.2, 0) is 16.1 Å². The van der Waals surface area contributed by atoms with E-state index in [1.54, 1.807) is 0 Å². The molecule has 3 rings (SSSR count). The lowest BCUT2D eigenvalue weighted by Crippen LogP contribution is -2.43. The molecule has 1 aliphatic rings. The molecular weight excluding hydrogens is 376 g/mol. The van der Waals surface area contributed by atoms with Gasteiger partial charge in [-0.05, 0) is 49.9 Å². The molecule has 0 spiro atoms. The Morgan fingerprint density at radius 1 is 1.13 bits per heavy atom. The van der Waals surface area contributed by atoms with Gasteiger partial charge in [-0.2, -0.15) is 0 Å². The van der Waals surface area contributed by atoms with E-state index in [4.69, 9.17) is 4.74 Å². The Labute approximate surface area is 179 Å². The summed E-state index contributed by atoms with van der Waals surface area (Å²) in [6.45, 7) is 8.61. The third-order valence-corrected chi connectivity index (χ3v) is 5.92. The summed E-state index contributed by atoms with van der Waals surface area (Å²) < 4.78 is 6.04. The molecule has 2 amide bonds. The fraction of sp³-hybridized carbons (Fsp3) is 0.440. The number of carbonyl (C=O) groups excluding carboxylic acids is 2. The smallest absolute Gasteiger partial charge is 0.264 e. The van der Waals surface area contributed by atoms with Gasteiger partial charge in [0.25, 0.3) is 5.91 Å². The number of nitrogens with one attached hydrogen (secondary N) is 1. The molecule has 0 aromatic heterocycles. The fourth-order valence-corrected chi connectivity index (χ4v) is 3.88. The maximum absolute atomic E-state index is 12.9. The van der Waals surface area contributed by atoms with E-state index in [2.05, 4.69) is 19.2 Å². The summed E-state index contributed by atoms with van der Waals surface area (Å²) in [5, 5.41) is 3.06. The number of hydrogen-bond donors (Lipinski definition) is 1. The summed E-state index contributed by atoms with van der Waals surface area (Å²) in [6.07, 6.45) is 1.75. The molecule has 1 heterocycles. The normalized spacial score (nSPS) is 18.1. The zero-order valence-electron chi connectivity index (χ0n) is 18.4. The third-order valence-electron chi connectivity index (χ3n) is 5.92. The first-order chi connectivity index (χ1) is 14.5. The van der Waals surface area contributed by atoms with Crippen molar-refractivity contribution >= 4 is 17.5 Å². The van der Waals surface area contributed by atoms with Crippen LogP contribution in [0.5, 0.6) is 5.75 Å². The standard InChI is InChI=1S/C25H32N2O3/c1-5-17(4)27-16-19-15-20(13-14-23(19)30-22(7-3)25(27)29)26-24(28)21(6-2)18-11-9-8-10-12-18/h8-15,17,21-22H,5-7,16H2,1-4H3,(H,26,28). The third kappa shape index (κ3) is 4.66. The van der Waals surface area contributed by atoms with E-state index in [-0.39, 0.29) is 23.8 Å². The van der Waals surface area contributed by atoms with Crippen LogP contribution in [0.1, 0.15) is 64.0 Å². The van der Waals surface area contributed by atoms with Crippen molar-refractivity contribution in [2.45, 2.75) is 71.6 Å². The predicted octanol–water partition coefficient (Wildman–Crippen LogP) is 5.12. The number of anilines is 1. The Bertz CT molecular complexity index is 881. The van der Waals surface area contributed by atoms with Crippen LogP contribution in [0.2, 0.25) is 0 Å². The molecule has 5 nitrogen and oxygen atoms in total. The average Bonchev–Trinajstić information content (AvgIpc) is 2.90. The maximum atomic E-state index is 12.9. The Balaban J connectivity index is 1.84. The molecule has 0 saturated heterocycles. The molecule has 0 bridgehead atoms. The Kier molecular flexibility index (Phi) is 7.14. The first-order valence-electron chi connectivity index (χ1n) is 10.9. The number of hydrogen-bond acceptors (Lipinski definition) is 3. The number of nitrogens with zero attached hydrogens (tertiary/aromatic N) is 1. The molecule has 1 N–H and O–H groups in total. The molecule has 0 fully saturated rings. The van der Waals surface area contributed by atoms with E-state index < -0.39 is 6.10 Å². The average molecular weight is 409 g/mol. The highest BCUT2D eigenvalue weighted by atomic mass is 16.5. The molecule has 3 atom stereocenters. The first kappa shape index (κ1) is 21.9. The van der Waals surface area contributed by atoms with Gasteiger partial charge in [0.1, 0.15) is 5.75 Å². The SMILES string of the molecule is CCC1Oc2ccc(NC(=O)C(CC)c3ccccc3)cc2CN(C(C)CC)C1=O. The minimum Gasteiger partial charge on any atom is -0.480 e. The minimum absolute atomic E-state index is 0.0283. The van der Waals surface area contributed by atoms with Crippen LogP contribution in [0.4, 0.5) is 5.69 Å². The molecule has 30 heavy (non-hydrogen) atoms. The van der Waals surface area contributed by atoms with Gasteiger partial charge in [0.15, 0.2) is 6.10 Å². The van der Waals surface area contributed by atoms with Crippen LogP contribution in [0.25, 0.3) is 0 Å². The van der Waals surface area contributed by atoms with Gasteiger partial charge in [0, 0.05) is 23.8 Å². The predicted molar refractivity (Wildman–Crippen MR) is 120 cm³/mol. The van der Waals surface area contributed by atoms with Gasteiger partial charge in [-0.3, -0.25) is 9.59 Å². The van der Waals surface area contributed by atoms with Crippen molar-refractivity contribution in [2.75, 3.05) is 5.32 Å². The van der Waals surface area contributed by atoms with Crippen molar-refractivity contribution in [3.8, 4) is 5.75 Å². The first-order valence-corrected chi connectivity index (χ1v) is 10.9. The summed E-state index contributed by atoms with van der Waals surface area (Å²) >= 11 is 0. The van der Waals surface area contributed by atoms with Gasteiger partial charge in [-0.15, -0.1) is 0 Å². The Hall–Kier alpha value is -2.82.